The third-order valence-corrected chi connectivity index (χ3v) is 7.23. The first-order chi connectivity index (χ1) is 16.3. The lowest BCUT2D eigenvalue weighted by molar-refractivity contribution is -0.143. The van der Waals surface area contributed by atoms with Crippen LogP contribution in [0.3, 0.4) is 0 Å². The molecule has 0 aliphatic heterocycles. The fraction of sp³-hybridized carbons (Fsp3) is 0.480. The summed E-state index contributed by atoms with van der Waals surface area (Å²) in [4.78, 5) is 13.0. The van der Waals surface area contributed by atoms with Gasteiger partial charge in [0.1, 0.15) is 0 Å². The van der Waals surface area contributed by atoms with Crippen LogP contribution in [-0.4, -0.2) is 11.9 Å². The molecule has 2 aromatic carbocycles. The molecule has 1 saturated carbocycles. The third-order valence-electron chi connectivity index (χ3n) is 6.46. The van der Waals surface area contributed by atoms with E-state index >= 15 is 0 Å². The highest BCUT2D eigenvalue weighted by atomic mass is 79.9. The number of rotatable bonds is 7. The highest BCUT2D eigenvalue weighted by Gasteiger charge is 2.40. The molecule has 2 aromatic rings. The molecule has 192 valence electrons. The van der Waals surface area contributed by atoms with Gasteiger partial charge in [0, 0.05) is 29.5 Å². The van der Waals surface area contributed by atoms with Gasteiger partial charge in [-0.2, -0.15) is 26.3 Å². The number of carbonyl (C=O) groups is 1. The maximum absolute atomic E-state index is 13.1. The summed E-state index contributed by atoms with van der Waals surface area (Å²) in [6, 6.07) is 9.21. The summed E-state index contributed by atoms with van der Waals surface area (Å²) in [6.07, 6.45) is -8.57. The van der Waals surface area contributed by atoms with E-state index in [4.69, 9.17) is 0 Å². The summed E-state index contributed by atoms with van der Waals surface area (Å²) in [5.41, 5.74) is -1.96. The number of benzene rings is 2. The van der Waals surface area contributed by atoms with Crippen LogP contribution in [-0.2, 0) is 30.2 Å². The van der Waals surface area contributed by atoms with E-state index in [9.17, 15) is 31.1 Å². The summed E-state index contributed by atoms with van der Waals surface area (Å²) in [5, 5.41) is 6.05. The first kappa shape index (κ1) is 27.5. The van der Waals surface area contributed by atoms with Gasteiger partial charge in [0.25, 0.3) is 0 Å². The van der Waals surface area contributed by atoms with Crippen molar-refractivity contribution in [3.63, 3.8) is 0 Å². The fourth-order valence-electron chi connectivity index (χ4n) is 4.61. The van der Waals surface area contributed by atoms with Gasteiger partial charge < -0.3 is 10.6 Å². The molecule has 10 heteroatoms. The number of carbonyl (C=O) groups excluding carboxylic acids is 1. The predicted octanol–water partition coefficient (Wildman–Crippen LogP) is 6.94. The summed E-state index contributed by atoms with van der Waals surface area (Å²) < 4.78 is 79.7. The molecule has 0 heterocycles. The Kier molecular flexibility index (Phi) is 8.57. The molecule has 2 N–H and O–H groups in total. The van der Waals surface area contributed by atoms with Crippen LogP contribution in [0, 0.1) is 17.8 Å². The van der Waals surface area contributed by atoms with Gasteiger partial charge in [-0.3, -0.25) is 4.79 Å². The summed E-state index contributed by atoms with van der Waals surface area (Å²) >= 11 is 3.51. The fourth-order valence-corrected chi connectivity index (χ4v) is 5.04. The van der Waals surface area contributed by atoms with E-state index in [1.165, 1.54) is 0 Å². The van der Waals surface area contributed by atoms with E-state index < -0.39 is 30.0 Å². The van der Waals surface area contributed by atoms with Crippen molar-refractivity contribution < 1.29 is 31.1 Å². The first-order valence-electron chi connectivity index (χ1n) is 11.3. The Labute approximate surface area is 208 Å². The van der Waals surface area contributed by atoms with Crippen molar-refractivity contribution >= 4 is 21.8 Å². The van der Waals surface area contributed by atoms with Crippen LogP contribution in [0.4, 0.5) is 26.3 Å². The Morgan fingerprint density at radius 2 is 1.57 bits per heavy atom. The molecule has 0 aromatic heterocycles. The summed E-state index contributed by atoms with van der Waals surface area (Å²) in [7, 11) is 0. The molecular formula is C25H27BrF6N2O. The Balaban J connectivity index is 1.68. The highest BCUT2D eigenvalue weighted by Crippen LogP contribution is 2.38. The molecule has 1 aliphatic rings. The zero-order chi connectivity index (χ0) is 26.0. The van der Waals surface area contributed by atoms with E-state index in [2.05, 4.69) is 26.6 Å². The largest absolute Gasteiger partial charge is 0.416 e. The molecule has 1 aliphatic carbocycles. The van der Waals surface area contributed by atoms with Gasteiger partial charge in [0.05, 0.1) is 11.1 Å². The molecule has 1 amide bonds. The van der Waals surface area contributed by atoms with Crippen LogP contribution < -0.4 is 10.6 Å². The van der Waals surface area contributed by atoms with Crippen molar-refractivity contribution in [2.45, 2.75) is 58.2 Å². The Morgan fingerprint density at radius 1 is 0.971 bits per heavy atom. The second kappa shape index (κ2) is 10.9. The number of alkyl halides is 6. The van der Waals surface area contributed by atoms with Gasteiger partial charge in [0.2, 0.25) is 5.91 Å². The van der Waals surface area contributed by atoms with Crippen LogP contribution in [0.5, 0.6) is 0 Å². The minimum atomic E-state index is -4.93. The standard InChI is InChI=1S/C25H27BrF6N2O/c1-14(2)20-10-19(33-13-16-5-3-4-6-22(16)26)11-21(20)23(35)34-12-15-7-17(24(27,28)29)9-18(8-15)25(30,31)32/h3-9,14,19-21,33H,10-13H2,1-2H3,(H,34,35)/t19-,20?,21-/m1/s1. The minimum Gasteiger partial charge on any atom is -0.352 e. The van der Waals surface area contributed by atoms with E-state index in [1.807, 2.05) is 38.1 Å². The second-order valence-corrected chi connectivity index (χ2v) is 10.1. The van der Waals surface area contributed by atoms with Gasteiger partial charge in [-0.1, -0.05) is 48.0 Å². The van der Waals surface area contributed by atoms with Crippen molar-refractivity contribution in [3.05, 3.63) is 69.2 Å². The van der Waals surface area contributed by atoms with Gasteiger partial charge in [-0.05, 0) is 60.1 Å². The maximum atomic E-state index is 13.1. The molecular weight excluding hydrogens is 538 g/mol. The SMILES string of the molecule is CC(C)C1C[C@@H](NCc2ccccc2Br)C[C@H]1C(=O)NCc1cc(C(F)(F)F)cc(C(F)(F)F)c1. The molecule has 35 heavy (non-hydrogen) atoms. The molecule has 3 rings (SSSR count). The van der Waals surface area contributed by atoms with Crippen LogP contribution in [0.1, 0.15) is 48.9 Å². The van der Waals surface area contributed by atoms with Gasteiger partial charge >= 0.3 is 12.4 Å². The first-order valence-corrected chi connectivity index (χ1v) is 12.1. The Morgan fingerprint density at radius 3 is 2.11 bits per heavy atom. The summed E-state index contributed by atoms with van der Waals surface area (Å²) in [5.74, 6) is -0.523. The van der Waals surface area contributed by atoms with Crippen molar-refractivity contribution in [3.8, 4) is 0 Å². The molecule has 3 nitrogen and oxygen atoms in total. The van der Waals surface area contributed by atoms with Crippen molar-refractivity contribution in [2.24, 2.45) is 17.8 Å². The number of nitrogens with one attached hydrogen (secondary N) is 2. The molecule has 1 unspecified atom stereocenters. The van der Waals surface area contributed by atoms with Crippen LogP contribution in [0.2, 0.25) is 0 Å². The zero-order valence-corrected chi connectivity index (χ0v) is 20.8. The van der Waals surface area contributed by atoms with E-state index in [-0.39, 0.29) is 41.3 Å². The average molecular weight is 565 g/mol. The second-order valence-electron chi connectivity index (χ2n) is 9.29. The van der Waals surface area contributed by atoms with Crippen LogP contribution in [0.25, 0.3) is 0 Å². The number of amides is 1. The normalized spacial score (nSPS) is 20.9. The lowest BCUT2D eigenvalue weighted by atomic mass is 9.85. The van der Waals surface area contributed by atoms with Gasteiger partial charge in [-0.15, -0.1) is 0 Å². The minimum absolute atomic E-state index is 0.0407. The molecule has 0 radical (unpaired) electrons. The summed E-state index contributed by atoms with van der Waals surface area (Å²) in [6.45, 7) is 4.20. The smallest absolute Gasteiger partial charge is 0.352 e. The number of halogens is 7. The lowest BCUT2D eigenvalue weighted by Crippen LogP contribution is -2.34. The van der Waals surface area contributed by atoms with E-state index in [1.54, 1.807) is 0 Å². The van der Waals surface area contributed by atoms with E-state index in [0.29, 0.717) is 25.1 Å². The third kappa shape index (κ3) is 7.22. The van der Waals surface area contributed by atoms with Crippen molar-refractivity contribution in [1.82, 2.24) is 10.6 Å². The van der Waals surface area contributed by atoms with E-state index in [0.717, 1.165) is 16.5 Å². The monoisotopic (exact) mass is 564 g/mol. The lowest BCUT2D eigenvalue weighted by Gasteiger charge is -2.22. The number of hydrogen-bond donors (Lipinski definition) is 2. The maximum Gasteiger partial charge on any atom is 0.416 e. The zero-order valence-electron chi connectivity index (χ0n) is 19.2. The molecule has 0 saturated heterocycles. The number of hydrogen-bond acceptors (Lipinski definition) is 2. The predicted molar refractivity (Wildman–Crippen MR) is 124 cm³/mol. The molecule has 0 bridgehead atoms. The van der Waals surface area contributed by atoms with Gasteiger partial charge in [-0.25, -0.2) is 0 Å². The highest BCUT2D eigenvalue weighted by molar-refractivity contribution is 9.10. The Bertz CT molecular complexity index is 1010. The molecule has 3 atom stereocenters. The average Bonchev–Trinajstić information content (AvgIpc) is 3.20. The topological polar surface area (TPSA) is 41.1 Å². The molecule has 0 spiro atoms. The van der Waals surface area contributed by atoms with Crippen molar-refractivity contribution in [1.29, 1.82) is 0 Å². The van der Waals surface area contributed by atoms with Crippen molar-refractivity contribution in [2.75, 3.05) is 0 Å². The molecule has 1 fully saturated rings. The Hall–Kier alpha value is -2.07. The quantitative estimate of drug-likeness (QED) is 0.357. The van der Waals surface area contributed by atoms with Gasteiger partial charge in [0.15, 0.2) is 0 Å². The van der Waals surface area contributed by atoms with Crippen LogP contribution >= 0.6 is 15.9 Å². The van der Waals surface area contributed by atoms with Crippen LogP contribution in [0.15, 0.2) is 46.9 Å².